The van der Waals surface area contributed by atoms with Crippen LogP contribution in [0.25, 0.3) is 0 Å². The molecule has 2 rings (SSSR count). The molecule has 0 aromatic heterocycles. The Morgan fingerprint density at radius 3 is 2.26 bits per heavy atom. The van der Waals surface area contributed by atoms with E-state index in [4.69, 9.17) is 0 Å². The van der Waals surface area contributed by atoms with Crippen LogP contribution in [0, 0.1) is 18.6 Å². The molecule has 2 aromatic carbocycles. The van der Waals surface area contributed by atoms with Crippen molar-refractivity contribution in [2.75, 3.05) is 4.72 Å². The molecule has 6 heteroatoms. The minimum atomic E-state index is -4.14. The summed E-state index contributed by atoms with van der Waals surface area (Å²) in [7, 11) is -4.14. The summed E-state index contributed by atoms with van der Waals surface area (Å²) in [6.07, 6.45) is 0. The standard InChI is InChI=1S/C13H11F2NO2S/c1-9-2-5-11(6-3-9)16-19(17,18)13-8-10(14)4-7-12(13)15/h2-8,16H,1H3. The maximum Gasteiger partial charge on any atom is 0.264 e. The molecule has 0 radical (unpaired) electrons. The minimum absolute atomic E-state index is 0.286. The lowest BCUT2D eigenvalue weighted by Crippen LogP contribution is -2.14. The molecule has 0 fully saturated rings. The lowest BCUT2D eigenvalue weighted by molar-refractivity contribution is 0.555. The van der Waals surface area contributed by atoms with Crippen LogP contribution in [0.5, 0.6) is 0 Å². The van der Waals surface area contributed by atoms with E-state index in [9.17, 15) is 17.2 Å². The Morgan fingerprint density at radius 1 is 1.00 bits per heavy atom. The summed E-state index contributed by atoms with van der Waals surface area (Å²) in [6, 6.07) is 8.79. The molecule has 100 valence electrons. The first-order chi connectivity index (χ1) is 8.88. The maximum absolute atomic E-state index is 13.4. The van der Waals surface area contributed by atoms with E-state index in [1.54, 1.807) is 24.3 Å². The number of hydrogen-bond acceptors (Lipinski definition) is 2. The van der Waals surface area contributed by atoms with E-state index in [2.05, 4.69) is 4.72 Å². The largest absolute Gasteiger partial charge is 0.280 e. The van der Waals surface area contributed by atoms with Crippen LogP contribution in [0.3, 0.4) is 0 Å². The van der Waals surface area contributed by atoms with Crippen LogP contribution >= 0.6 is 0 Å². The Kier molecular flexibility index (Phi) is 3.53. The van der Waals surface area contributed by atoms with E-state index in [0.717, 1.165) is 17.7 Å². The minimum Gasteiger partial charge on any atom is -0.280 e. The van der Waals surface area contributed by atoms with Crippen molar-refractivity contribution in [2.24, 2.45) is 0 Å². The van der Waals surface area contributed by atoms with Crippen LogP contribution in [0.4, 0.5) is 14.5 Å². The SMILES string of the molecule is Cc1ccc(NS(=O)(=O)c2cc(F)ccc2F)cc1. The second-order valence-electron chi connectivity index (χ2n) is 4.05. The predicted molar refractivity (Wildman–Crippen MR) is 68.3 cm³/mol. The van der Waals surface area contributed by atoms with Crippen LogP contribution in [-0.2, 0) is 10.0 Å². The molecule has 19 heavy (non-hydrogen) atoms. The molecule has 3 nitrogen and oxygen atoms in total. The van der Waals surface area contributed by atoms with Gasteiger partial charge in [-0.2, -0.15) is 0 Å². The summed E-state index contributed by atoms with van der Waals surface area (Å²) in [5.74, 6) is -1.81. The van der Waals surface area contributed by atoms with Gasteiger partial charge in [-0.1, -0.05) is 17.7 Å². The number of rotatable bonds is 3. The number of benzene rings is 2. The number of aryl methyl sites for hydroxylation is 1. The van der Waals surface area contributed by atoms with Crippen molar-refractivity contribution in [3.8, 4) is 0 Å². The number of halogens is 2. The van der Waals surface area contributed by atoms with Crippen LogP contribution in [0.1, 0.15) is 5.56 Å². The van der Waals surface area contributed by atoms with Crippen molar-refractivity contribution >= 4 is 15.7 Å². The number of anilines is 1. The molecule has 0 aliphatic carbocycles. The van der Waals surface area contributed by atoms with E-state index >= 15 is 0 Å². The third-order valence-corrected chi connectivity index (χ3v) is 3.88. The van der Waals surface area contributed by atoms with Gasteiger partial charge in [0.25, 0.3) is 10.0 Å². The summed E-state index contributed by atoms with van der Waals surface area (Å²) in [4.78, 5) is -0.715. The molecular formula is C13H11F2NO2S. The second kappa shape index (κ2) is 4.97. The van der Waals surface area contributed by atoms with Gasteiger partial charge in [-0.3, -0.25) is 4.72 Å². The van der Waals surface area contributed by atoms with E-state index in [1.807, 2.05) is 6.92 Å². The fourth-order valence-corrected chi connectivity index (χ4v) is 2.66. The first-order valence-corrected chi connectivity index (χ1v) is 6.91. The van der Waals surface area contributed by atoms with Gasteiger partial charge in [-0.25, -0.2) is 17.2 Å². The topological polar surface area (TPSA) is 46.2 Å². The average molecular weight is 283 g/mol. The molecule has 0 aliphatic rings. The van der Waals surface area contributed by atoms with Crippen molar-refractivity contribution in [3.05, 3.63) is 59.7 Å². The van der Waals surface area contributed by atoms with Gasteiger partial charge in [0.2, 0.25) is 0 Å². The molecule has 1 N–H and O–H groups in total. The fraction of sp³-hybridized carbons (Fsp3) is 0.0769. The van der Waals surface area contributed by atoms with E-state index in [0.29, 0.717) is 6.07 Å². The van der Waals surface area contributed by atoms with E-state index < -0.39 is 26.6 Å². The van der Waals surface area contributed by atoms with Gasteiger partial charge in [0, 0.05) is 5.69 Å². The molecule has 0 unspecified atom stereocenters. The van der Waals surface area contributed by atoms with Crippen LogP contribution in [0.2, 0.25) is 0 Å². The predicted octanol–water partition coefficient (Wildman–Crippen LogP) is 3.07. The van der Waals surface area contributed by atoms with Gasteiger partial charge in [0.1, 0.15) is 16.5 Å². The number of nitrogens with one attached hydrogen (secondary N) is 1. The van der Waals surface area contributed by atoms with Gasteiger partial charge in [0.05, 0.1) is 0 Å². The molecule has 0 aliphatic heterocycles. The number of hydrogen-bond donors (Lipinski definition) is 1. The van der Waals surface area contributed by atoms with Crippen molar-refractivity contribution in [1.82, 2.24) is 0 Å². The normalized spacial score (nSPS) is 11.3. The zero-order chi connectivity index (χ0) is 14.0. The third-order valence-electron chi connectivity index (χ3n) is 2.49. The lowest BCUT2D eigenvalue weighted by atomic mass is 10.2. The molecule has 0 spiro atoms. The summed E-state index contributed by atoms with van der Waals surface area (Å²) in [5.41, 5.74) is 1.24. The van der Waals surface area contributed by atoms with Crippen molar-refractivity contribution in [1.29, 1.82) is 0 Å². The Morgan fingerprint density at radius 2 is 1.63 bits per heavy atom. The summed E-state index contributed by atoms with van der Waals surface area (Å²) in [5, 5.41) is 0. The molecule has 0 saturated carbocycles. The van der Waals surface area contributed by atoms with Gasteiger partial charge in [0.15, 0.2) is 0 Å². The highest BCUT2D eigenvalue weighted by Gasteiger charge is 2.19. The molecule has 2 aromatic rings. The highest BCUT2D eigenvalue weighted by molar-refractivity contribution is 7.92. The summed E-state index contributed by atoms with van der Waals surface area (Å²) < 4.78 is 52.5. The van der Waals surface area contributed by atoms with Gasteiger partial charge in [-0.15, -0.1) is 0 Å². The van der Waals surface area contributed by atoms with Crippen molar-refractivity contribution in [2.45, 2.75) is 11.8 Å². The number of sulfonamides is 1. The van der Waals surface area contributed by atoms with Gasteiger partial charge < -0.3 is 0 Å². The fourth-order valence-electron chi connectivity index (χ4n) is 1.51. The molecule has 0 bridgehead atoms. The Balaban J connectivity index is 2.37. The average Bonchev–Trinajstić information content (AvgIpc) is 2.35. The lowest BCUT2D eigenvalue weighted by Gasteiger charge is -2.09. The molecule has 0 saturated heterocycles. The highest BCUT2D eigenvalue weighted by Crippen LogP contribution is 2.20. The third kappa shape index (κ3) is 3.08. The van der Waals surface area contributed by atoms with Crippen molar-refractivity contribution in [3.63, 3.8) is 0 Å². The van der Waals surface area contributed by atoms with Crippen LogP contribution < -0.4 is 4.72 Å². The monoisotopic (exact) mass is 283 g/mol. The Bertz CT molecular complexity index is 697. The van der Waals surface area contributed by atoms with Crippen LogP contribution in [-0.4, -0.2) is 8.42 Å². The maximum atomic E-state index is 13.4. The zero-order valence-corrected chi connectivity index (χ0v) is 10.8. The first kappa shape index (κ1) is 13.5. The Labute approximate surface area is 109 Å². The van der Waals surface area contributed by atoms with E-state index in [-0.39, 0.29) is 5.69 Å². The quantitative estimate of drug-likeness (QED) is 0.941. The van der Waals surface area contributed by atoms with Gasteiger partial charge >= 0.3 is 0 Å². The highest BCUT2D eigenvalue weighted by atomic mass is 32.2. The first-order valence-electron chi connectivity index (χ1n) is 5.43. The zero-order valence-electron chi connectivity index (χ0n) is 10.0. The second-order valence-corrected chi connectivity index (χ2v) is 5.70. The molecule has 0 amide bonds. The summed E-state index contributed by atoms with van der Waals surface area (Å²) in [6.45, 7) is 1.85. The summed E-state index contributed by atoms with van der Waals surface area (Å²) >= 11 is 0. The van der Waals surface area contributed by atoms with Crippen LogP contribution in [0.15, 0.2) is 47.4 Å². The Hall–Kier alpha value is -1.95. The molecular weight excluding hydrogens is 272 g/mol. The molecule has 0 atom stereocenters. The van der Waals surface area contributed by atoms with Crippen molar-refractivity contribution < 1.29 is 17.2 Å². The van der Waals surface area contributed by atoms with Gasteiger partial charge in [-0.05, 0) is 37.3 Å². The molecule has 0 heterocycles. The smallest absolute Gasteiger partial charge is 0.264 e. The van der Waals surface area contributed by atoms with E-state index in [1.165, 1.54) is 0 Å².